The largest absolute Gasteiger partial charge is 0.390 e. The lowest BCUT2D eigenvalue weighted by molar-refractivity contribution is -0.117. The molecule has 0 amide bonds. The highest BCUT2D eigenvalue weighted by atomic mass is 16.5. The fourth-order valence-electron chi connectivity index (χ4n) is 1.92. The van der Waals surface area contributed by atoms with Crippen molar-refractivity contribution in [2.45, 2.75) is 50.4 Å². The Morgan fingerprint density at radius 2 is 2.00 bits per heavy atom. The molecule has 0 saturated heterocycles. The second-order valence-electron chi connectivity index (χ2n) is 3.78. The van der Waals surface area contributed by atoms with E-state index in [2.05, 4.69) is 0 Å². The lowest BCUT2D eigenvalue weighted by atomic mass is 9.79. The monoisotopic (exact) mass is 173 g/mol. The minimum Gasteiger partial charge on any atom is -0.390 e. The molecule has 3 heteroatoms. The van der Waals surface area contributed by atoms with E-state index in [0.29, 0.717) is 6.04 Å². The molecule has 1 saturated carbocycles. The zero-order valence-corrected chi connectivity index (χ0v) is 7.92. The molecule has 1 fully saturated rings. The van der Waals surface area contributed by atoms with E-state index in [1.807, 2.05) is 0 Å². The summed E-state index contributed by atoms with van der Waals surface area (Å²) >= 11 is 0. The van der Waals surface area contributed by atoms with Crippen molar-refractivity contribution in [1.82, 2.24) is 0 Å². The molecule has 1 unspecified atom stereocenters. The Morgan fingerprint density at radius 3 is 2.33 bits per heavy atom. The predicted molar refractivity (Wildman–Crippen MR) is 47.9 cm³/mol. The summed E-state index contributed by atoms with van der Waals surface area (Å²) in [5, 5.41) is 9.55. The third kappa shape index (κ3) is 1.79. The van der Waals surface area contributed by atoms with Crippen LogP contribution < -0.4 is 5.73 Å². The van der Waals surface area contributed by atoms with E-state index in [-0.39, 0.29) is 5.60 Å². The van der Waals surface area contributed by atoms with E-state index >= 15 is 0 Å². The van der Waals surface area contributed by atoms with E-state index in [4.69, 9.17) is 10.5 Å². The van der Waals surface area contributed by atoms with Crippen LogP contribution in [-0.2, 0) is 4.74 Å². The van der Waals surface area contributed by atoms with Crippen molar-refractivity contribution in [2.24, 2.45) is 5.73 Å². The van der Waals surface area contributed by atoms with Gasteiger partial charge >= 0.3 is 0 Å². The normalized spacial score (nSPS) is 39.5. The molecule has 0 aliphatic heterocycles. The molecule has 1 rings (SSSR count). The number of hydrogen-bond donors (Lipinski definition) is 2. The van der Waals surface area contributed by atoms with E-state index in [1.165, 1.54) is 0 Å². The number of nitrogens with two attached hydrogens (primary N) is 1. The average Bonchev–Trinajstić information content (AvgIpc) is 2.06. The van der Waals surface area contributed by atoms with Gasteiger partial charge in [0, 0.05) is 13.2 Å². The number of ether oxygens (including phenoxy) is 1. The Kier molecular flexibility index (Phi) is 3.09. The van der Waals surface area contributed by atoms with Crippen LogP contribution in [0.5, 0.6) is 0 Å². The number of hydrogen-bond acceptors (Lipinski definition) is 3. The lowest BCUT2D eigenvalue weighted by Gasteiger charge is -2.40. The quantitative estimate of drug-likeness (QED) is 0.644. The smallest absolute Gasteiger partial charge is 0.0934 e. The molecule has 0 aromatic heterocycles. The molecule has 1 aliphatic rings. The fourth-order valence-corrected chi connectivity index (χ4v) is 1.92. The van der Waals surface area contributed by atoms with Gasteiger partial charge in [0.05, 0.1) is 11.7 Å². The van der Waals surface area contributed by atoms with Crippen molar-refractivity contribution >= 4 is 0 Å². The van der Waals surface area contributed by atoms with Crippen LogP contribution in [0.3, 0.4) is 0 Å². The molecule has 0 spiro atoms. The van der Waals surface area contributed by atoms with Gasteiger partial charge in [-0.25, -0.2) is 0 Å². The van der Waals surface area contributed by atoms with E-state index in [1.54, 1.807) is 14.0 Å². The highest BCUT2D eigenvalue weighted by molar-refractivity contribution is 4.92. The second-order valence-corrected chi connectivity index (χ2v) is 3.78. The molecule has 12 heavy (non-hydrogen) atoms. The van der Waals surface area contributed by atoms with Crippen LogP contribution in [0, 0.1) is 0 Å². The van der Waals surface area contributed by atoms with Crippen molar-refractivity contribution in [2.75, 3.05) is 7.11 Å². The first-order valence-corrected chi connectivity index (χ1v) is 4.59. The van der Waals surface area contributed by atoms with Gasteiger partial charge in [0.15, 0.2) is 0 Å². The van der Waals surface area contributed by atoms with Crippen molar-refractivity contribution in [3.8, 4) is 0 Å². The first kappa shape index (κ1) is 9.96. The minimum absolute atomic E-state index is 0.298. The topological polar surface area (TPSA) is 55.5 Å². The van der Waals surface area contributed by atoms with E-state index in [0.717, 1.165) is 25.7 Å². The van der Waals surface area contributed by atoms with Crippen molar-refractivity contribution in [1.29, 1.82) is 0 Å². The summed E-state index contributed by atoms with van der Waals surface area (Å²) in [4.78, 5) is 0. The molecule has 1 atom stereocenters. The first-order chi connectivity index (χ1) is 5.60. The van der Waals surface area contributed by atoms with Crippen LogP contribution in [0.2, 0.25) is 0 Å². The Labute approximate surface area is 73.9 Å². The Morgan fingerprint density at radius 1 is 1.50 bits per heavy atom. The minimum atomic E-state index is -0.394. The van der Waals surface area contributed by atoms with Gasteiger partial charge < -0.3 is 15.6 Å². The third-order valence-electron chi connectivity index (χ3n) is 3.04. The third-order valence-corrected chi connectivity index (χ3v) is 3.04. The van der Waals surface area contributed by atoms with Gasteiger partial charge in [-0.1, -0.05) is 0 Å². The van der Waals surface area contributed by atoms with Gasteiger partial charge in [-0.2, -0.15) is 0 Å². The van der Waals surface area contributed by atoms with Crippen LogP contribution in [0.4, 0.5) is 0 Å². The molecular formula is C9H19NO2. The Hall–Kier alpha value is -0.120. The van der Waals surface area contributed by atoms with Crippen molar-refractivity contribution < 1.29 is 9.84 Å². The van der Waals surface area contributed by atoms with Gasteiger partial charge in [-0.15, -0.1) is 0 Å². The van der Waals surface area contributed by atoms with E-state index < -0.39 is 6.10 Å². The molecular weight excluding hydrogens is 154 g/mol. The highest BCUT2D eigenvalue weighted by Crippen LogP contribution is 2.33. The molecule has 0 heterocycles. The van der Waals surface area contributed by atoms with Crippen LogP contribution >= 0.6 is 0 Å². The van der Waals surface area contributed by atoms with Gasteiger partial charge in [-0.05, 0) is 32.6 Å². The summed E-state index contributed by atoms with van der Waals surface area (Å²) in [5.74, 6) is 0. The SMILES string of the molecule is COC1(C(C)O)CCC(N)CC1. The fraction of sp³-hybridized carbons (Fsp3) is 1.00. The summed E-state index contributed by atoms with van der Waals surface area (Å²) in [7, 11) is 1.67. The number of aliphatic hydroxyl groups excluding tert-OH is 1. The molecule has 3 N–H and O–H groups in total. The molecule has 0 aromatic carbocycles. The molecule has 0 bridgehead atoms. The van der Waals surface area contributed by atoms with Crippen LogP contribution in [0.15, 0.2) is 0 Å². The molecule has 1 aliphatic carbocycles. The molecule has 0 radical (unpaired) electrons. The zero-order chi connectivity index (χ0) is 9.19. The van der Waals surface area contributed by atoms with Crippen LogP contribution in [0.1, 0.15) is 32.6 Å². The van der Waals surface area contributed by atoms with Gasteiger partial charge in [0.25, 0.3) is 0 Å². The standard InChI is InChI=1S/C9H19NO2/c1-7(11)9(12-2)5-3-8(10)4-6-9/h7-8,11H,3-6,10H2,1-2H3. The summed E-state index contributed by atoms with van der Waals surface area (Å²) in [6.45, 7) is 1.79. The number of aliphatic hydroxyl groups is 1. The molecule has 3 nitrogen and oxygen atoms in total. The maximum absolute atomic E-state index is 9.55. The van der Waals surface area contributed by atoms with Crippen LogP contribution in [0.25, 0.3) is 0 Å². The van der Waals surface area contributed by atoms with E-state index in [9.17, 15) is 5.11 Å². The summed E-state index contributed by atoms with van der Waals surface area (Å²) in [6, 6.07) is 0.298. The maximum atomic E-state index is 9.55. The number of methoxy groups -OCH3 is 1. The lowest BCUT2D eigenvalue weighted by Crippen LogP contribution is -2.47. The summed E-state index contributed by atoms with van der Waals surface area (Å²) in [6.07, 6.45) is 3.28. The molecule has 0 aromatic rings. The summed E-state index contributed by atoms with van der Waals surface area (Å²) < 4.78 is 5.38. The van der Waals surface area contributed by atoms with Gasteiger partial charge in [0.1, 0.15) is 0 Å². The van der Waals surface area contributed by atoms with Gasteiger partial charge in [0.2, 0.25) is 0 Å². The summed E-state index contributed by atoms with van der Waals surface area (Å²) in [5.41, 5.74) is 5.45. The average molecular weight is 173 g/mol. The first-order valence-electron chi connectivity index (χ1n) is 4.59. The predicted octanol–water partition coefficient (Wildman–Crippen LogP) is 0.654. The second kappa shape index (κ2) is 3.73. The highest BCUT2D eigenvalue weighted by Gasteiger charge is 2.38. The van der Waals surface area contributed by atoms with Crippen molar-refractivity contribution in [3.05, 3.63) is 0 Å². The van der Waals surface area contributed by atoms with Crippen molar-refractivity contribution in [3.63, 3.8) is 0 Å². The number of rotatable bonds is 2. The zero-order valence-electron chi connectivity index (χ0n) is 7.92. The Balaban J connectivity index is 2.57. The molecule has 72 valence electrons. The Bertz CT molecular complexity index is 139. The maximum Gasteiger partial charge on any atom is 0.0934 e. The van der Waals surface area contributed by atoms with Gasteiger partial charge in [-0.3, -0.25) is 0 Å². The van der Waals surface area contributed by atoms with Crippen LogP contribution in [-0.4, -0.2) is 30.0 Å².